The SMILES string of the molecule is O=C(COC(=O)c1ccc(NC2CC2)c([N+](=O)[O-])c1)NC1CCCC1. The number of nitro groups is 1. The summed E-state index contributed by atoms with van der Waals surface area (Å²) in [5.41, 5.74) is 0.279. The number of esters is 1. The molecule has 0 heterocycles. The molecule has 0 spiro atoms. The van der Waals surface area contributed by atoms with Crippen LogP contribution in [0.4, 0.5) is 11.4 Å². The van der Waals surface area contributed by atoms with E-state index in [1.54, 1.807) is 0 Å². The first kappa shape index (κ1) is 17.2. The molecule has 2 N–H and O–H groups in total. The van der Waals surface area contributed by atoms with Crippen molar-refractivity contribution < 1.29 is 19.2 Å². The van der Waals surface area contributed by atoms with Gasteiger partial charge in [0.2, 0.25) is 0 Å². The third-order valence-corrected chi connectivity index (χ3v) is 4.42. The van der Waals surface area contributed by atoms with Gasteiger partial charge in [-0.1, -0.05) is 12.8 Å². The van der Waals surface area contributed by atoms with Crippen LogP contribution < -0.4 is 10.6 Å². The summed E-state index contributed by atoms with van der Waals surface area (Å²) in [6.45, 7) is -0.384. The lowest BCUT2D eigenvalue weighted by Crippen LogP contribution is -2.35. The molecule has 0 saturated heterocycles. The van der Waals surface area contributed by atoms with Crippen LogP contribution in [0.15, 0.2) is 18.2 Å². The summed E-state index contributed by atoms with van der Waals surface area (Å²) in [4.78, 5) is 34.5. The quantitative estimate of drug-likeness (QED) is 0.445. The summed E-state index contributed by atoms with van der Waals surface area (Å²) >= 11 is 0. The number of rotatable bonds is 7. The van der Waals surface area contributed by atoms with Crippen LogP contribution in [0.1, 0.15) is 48.9 Å². The maximum Gasteiger partial charge on any atom is 0.338 e. The number of carbonyl (C=O) groups excluding carboxylic acids is 2. The molecule has 2 aliphatic carbocycles. The van der Waals surface area contributed by atoms with Gasteiger partial charge in [0, 0.05) is 18.2 Å². The van der Waals surface area contributed by atoms with Gasteiger partial charge in [-0.05, 0) is 37.8 Å². The Morgan fingerprint density at radius 3 is 2.52 bits per heavy atom. The van der Waals surface area contributed by atoms with E-state index in [1.807, 2.05) is 0 Å². The standard InChI is InChI=1S/C17H21N3O5/c21-16(19-12-3-1-2-4-12)10-25-17(22)11-5-8-14(18-13-6-7-13)15(9-11)20(23)24/h5,8-9,12-13,18H,1-4,6-7,10H2,(H,19,21). The molecule has 0 aromatic heterocycles. The highest BCUT2D eigenvalue weighted by Crippen LogP contribution is 2.31. The van der Waals surface area contributed by atoms with Crippen LogP contribution >= 0.6 is 0 Å². The van der Waals surface area contributed by atoms with Crippen LogP contribution in [0.2, 0.25) is 0 Å². The fourth-order valence-corrected chi connectivity index (χ4v) is 2.93. The van der Waals surface area contributed by atoms with E-state index >= 15 is 0 Å². The van der Waals surface area contributed by atoms with E-state index < -0.39 is 10.9 Å². The number of anilines is 1. The predicted octanol–water partition coefficient (Wildman–Crippen LogP) is 2.38. The largest absolute Gasteiger partial charge is 0.452 e. The molecular weight excluding hydrogens is 326 g/mol. The molecule has 8 nitrogen and oxygen atoms in total. The molecule has 8 heteroatoms. The maximum atomic E-state index is 12.1. The van der Waals surface area contributed by atoms with Gasteiger partial charge < -0.3 is 15.4 Å². The molecule has 1 aromatic rings. The molecule has 0 unspecified atom stereocenters. The number of nitro benzene ring substituents is 1. The van der Waals surface area contributed by atoms with E-state index in [2.05, 4.69) is 10.6 Å². The number of nitrogens with one attached hydrogen (secondary N) is 2. The Hall–Kier alpha value is -2.64. The van der Waals surface area contributed by atoms with Crippen molar-refractivity contribution in [2.24, 2.45) is 0 Å². The minimum Gasteiger partial charge on any atom is -0.452 e. The smallest absolute Gasteiger partial charge is 0.338 e. The second kappa shape index (κ2) is 7.50. The first-order valence-electron chi connectivity index (χ1n) is 8.54. The van der Waals surface area contributed by atoms with Gasteiger partial charge in [-0.2, -0.15) is 0 Å². The third kappa shape index (κ3) is 4.68. The zero-order chi connectivity index (χ0) is 17.8. The first-order valence-corrected chi connectivity index (χ1v) is 8.54. The van der Waals surface area contributed by atoms with Crippen LogP contribution in [0, 0.1) is 10.1 Å². The molecule has 1 amide bonds. The van der Waals surface area contributed by atoms with Gasteiger partial charge in [-0.15, -0.1) is 0 Å². The lowest BCUT2D eigenvalue weighted by molar-refractivity contribution is -0.384. The average molecular weight is 347 g/mol. The summed E-state index contributed by atoms with van der Waals surface area (Å²) in [6, 6.07) is 4.57. The van der Waals surface area contributed by atoms with Crippen LogP contribution in [0.5, 0.6) is 0 Å². The van der Waals surface area contributed by atoms with Crippen LogP contribution in [0.25, 0.3) is 0 Å². The van der Waals surface area contributed by atoms with Crippen molar-refractivity contribution in [3.63, 3.8) is 0 Å². The first-order chi connectivity index (χ1) is 12.0. The summed E-state index contributed by atoms with van der Waals surface area (Å²) in [7, 11) is 0. The van der Waals surface area contributed by atoms with Crippen molar-refractivity contribution in [2.45, 2.75) is 50.6 Å². The van der Waals surface area contributed by atoms with Crippen LogP contribution in [-0.4, -0.2) is 35.5 Å². The minimum atomic E-state index is -0.748. The Labute approximate surface area is 145 Å². The monoisotopic (exact) mass is 347 g/mol. The summed E-state index contributed by atoms with van der Waals surface area (Å²) in [5.74, 6) is -1.09. The fraction of sp³-hybridized carbons (Fsp3) is 0.529. The van der Waals surface area contributed by atoms with Crippen LogP contribution in [0.3, 0.4) is 0 Å². The average Bonchev–Trinajstić information content (AvgIpc) is 3.26. The molecule has 2 saturated carbocycles. The van der Waals surface area contributed by atoms with E-state index in [0.717, 1.165) is 38.5 Å². The second-order valence-corrected chi connectivity index (χ2v) is 6.53. The summed E-state index contributed by atoms with van der Waals surface area (Å²) in [5, 5.41) is 17.1. The number of ether oxygens (including phenoxy) is 1. The molecule has 0 aliphatic heterocycles. The molecule has 0 atom stereocenters. The number of hydrogen-bond acceptors (Lipinski definition) is 6. The van der Waals surface area contributed by atoms with Crippen molar-refractivity contribution in [1.82, 2.24) is 5.32 Å². The van der Waals surface area contributed by atoms with Crippen molar-refractivity contribution in [3.05, 3.63) is 33.9 Å². The Bertz CT molecular complexity index is 681. The topological polar surface area (TPSA) is 111 Å². The van der Waals surface area contributed by atoms with Gasteiger partial charge in [0.1, 0.15) is 5.69 Å². The number of nitrogens with zero attached hydrogens (tertiary/aromatic N) is 1. The molecule has 3 rings (SSSR count). The highest BCUT2D eigenvalue weighted by molar-refractivity contribution is 5.93. The third-order valence-electron chi connectivity index (χ3n) is 4.42. The summed E-state index contributed by atoms with van der Waals surface area (Å²) < 4.78 is 4.97. The van der Waals surface area contributed by atoms with Crippen LogP contribution in [-0.2, 0) is 9.53 Å². The number of carbonyl (C=O) groups is 2. The van der Waals surface area contributed by atoms with Crippen molar-refractivity contribution in [1.29, 1.82) is 0 Å². The van der Waals surface area contributed by atoms with Gasteiger partial charge in [-0.25, -0.2) is 4.79 Å². The molecule has 2 aliphatic rings. The number of hydrogen-bond donors (Lipinski definition) is 2. The van der Waals surface area contributed by atoms with E-state index in [4.69, 9.17) is 4.74 Å². The van der Waals surface area contributed by atoms with E-state index in [-0.39, 0.29) is 35.8 Å². The van der Waals surface area contributed by atoms with Crippen molar-refractivity contribution >= 4 is 23.3 Å². The number of benzene rings is 1. The molecular formula is C17H21N3O5. The predicted molar refractivity (Wildman–Crippen MR) is 90.4 cm³/mol. The summed E-state index contributed by atoms with van der Waals surface area (Å²) in [6.07, 6.45) is 6.04. The van der Waals surface area contributed by atoms with Gasteiger partial charge in [0.05, 0.1) is 10.5 Å². The highest BCUT2D eigenvalue weighted by atomic mass is 16.6. The molecule has 2 fully saturated rings. The van der Waals surface area contributed by atoms with E-state index in [9.17, 15) is 19.7 Å². The Morgan fingerprint density at radius 2 is 1.88 bits per heavy atom. The van der Waals surface area contributed by atoms with Gasteiger partial charge in [0.15, 0.2) is 6.61 Å². The van der Waals surface area contributed by atoms with Gasteiger partial charge in [-0.3, -0.25) is 14.9 Å². The van der Waals surface area contributed by atoms with Crippen molar-refractivity contribution in [3.8, 4) is 0 Å². The fourth-order valence-electron chi connectivity index (χ4n) is 2.93. The zero-order valence-corrected chi connectivity index (χ0v) is 13.8. The molecule has 25 heavy (non-hydrogen) atoms. The number of amides is 1. The molecule has 0 radical (unpaired) electrons. The highest BCUT2D eigenvalue weighted by Gasteiger charge is 2.26. The lowest BCUT2D eigenvalue weighted by Gasteiger charge is -2.12. The van der Waals surface area contributed by atoms with E-state index in [1.165, 1.54) is 18.2 Å². The molecule has 1 aromatic carbocycles. The second-order valence-electron chi connectivity index (χ2n) is 6.53. The normalized spacial score (nSPS) is 17.1. The maximum absolute atomic E-state index is 12.1. The van der Waals surface area contributed by atoms with Crippen molar-refractivity contribution in [2.75, 3.05) is 11.9 Å². The Balaban J connectivity index is 1.58. The molecule has 134 valence electrons. The zero-order valence-electron chi connectivity index (χ0n) is 13.8. The van der Waals surface area contributed by atoms with Gasteiger partial charge >= 0.3 is 5.97 Å². The Kier molecular flexibility index (Phi) is 5.16. The minimum absolute atomic E-state index is 0.0571. The lowest BCUT2D eigenvalue weighted by atomic mass is 10.1. The molecule has 0 bridgehead atoms. The Morgan fingerprint density at radius 1 is 1.16 bits per heavy atom. The van der Waals surface area contributed by atoms with Gasteiger partial charge in [0.25, 0.3) is 11.6 Å². The van der Waals surface area contributed by atoms with E-state index in [0.29, 0.717) is 5.69 Å².